The van der Waals surface area contributed by atoms with Crippen LogP contribution in [0.3, 0.4) is 0 Å². The highest BCUT2D eigenvalue weighted by Crippen LogP contribution is 2.07. The molecule has 0 amide bonds. The molecule has 4 heteroatoms. The molecule has 0 aliphatic heterocycles. The van der Waals surface area contributed by atoms with Gasteiger partial charge in [-0.25, -0.2) is 4.98 Å². The third kappa shape index (κ3) is 1.42. The molecule has 66 valence electrons. The van der Waals surface area contributed by atoms with Crippen molar-refractivity contribution in [2.24, 2.45) is 7.05 Å². The SMILES string of the molecule is Cc1nc(-c2cccc[n+]2C)n[nH]1. The van der Waals surface area contributed by atoms with Gasteiger partial charge in [-0.2, -0.15) is 4.57 Å². The molecule has 0 fully saturated rings. The van der Waals surface area contributed by atoms with Gasteiger partial charge in [-0.15, -0.1) is 5.10 Å². The van der Waals surface area contributed by atoms with Crippen LogP contribution in [0.4, 0.5) is 0 Å². The summed E-state index contributed by atoms with van der Waals surface area (Å²) in [5.74, 6) is 1.57. The minimum Gasteiger partial charge on any atom is -0.263 e. The van der Waals surface area contributed by atoms with E-state index in [1.807, 2.05) is 42.9 Å². The summed E-state index contributed by atoms with van der Waals surface area (Å²) in [6.45, 7) is 1.89. The van der Waals surface area contributed by atoms with Crippen LogP contribution in [0, 0.1) is 6.92 Å². The van der Waals surface area contributed by atoms with Crippen LogP contribution in [-0.4, -0.2) is 15.2 Å². The lowest BCUT2D eigenvalue weighted by atomic mass is 10.3. The van der Waals surface area contributed by atoms with Gasteiger partial charge in [0.2, 0.25) is 5.82 Å². The van der Waals surface area contributed by atoms with Crippen LogP contribution >= 0.6 is 0 Å². The van der Waals surface area contributed by atoms with E-state index in [0.29, 0.717) is 0 Å². The van der Waals surface area contributed by atoms with E-state index in [2.05, 4.69) is 15.2 Å². The fourth-order valence-electron chi connectivity index (χ4n) is 1.21. The Morgan fingerprint density at radius 1 is 1.38 bits per heavy atom. The maximum Gasteiger partial charge on any atom is 0.251 e. The highest BCUT2D eigenvalue weighted by molar-refractivity contribution is 5.43. The molecule has 0 saturated carbocycles. The first-order chi connectivity index (χ1) is 6.27. The van der Waals surface area contributed by atoms with Gasteiger partial charge in [-0.05, 0) is 13.0 Å². The van der Waals surface area contributed by atoms with Crippen LogP contribution in [0.25, 0.3) is 11.5 Å². The van der Waals surface area contributed by atoms with E-state index in [0.717, 1.165) is 17.3 Å². The zero-order valence-electron chi connectivity index (χ0n) is 7.65. The molecule has 0 aromatic carbocycles. The van der Waals surface area contributed by atoms with E-state index in [9.17, 15) is 0 Å². The van der Waals surface area contributed by atoms with Crippen molar-refractivity contribution in [1.29, 1.82) is 0 Å². The molecule has 13 heavy (non-hydrogen) atoms. The van der Waals surface area contributed by atoms with Crippen molar-refractivity contribution in [3.63, 3.8) is 0 Å². The third-order valence-corrected chi connectivity index (χ3v) is 1.88. The van der Waals surface area contributed by atoms with Gasteiger partial charge in [0.1, 0.15) is 12.9 Å². The summed E-state index contributed by atoms with van der Waals surface area (Å²) in [5.41, 5.74) is 1.01. The molecule has 2 heterocycles. The summed E-state index contributed by atoms with van der Waals surface area (Å²) >= 11 is 0. The van der Waals surface area contributed by atoms with Gasteiger partial charge in [0.25, 0.3) is 5.69 Å². The monoisotopic (exact) mass is 175 g/mol. The van der Waals surface area contributed by atoms with E-state index >= 15 is 0 Å². The average Bonchev–Trinajstić information content (AvgIpc) is 2.53. The quantitative estimate of drug-likeness (QED) is 0.645. The van der Waals surface area contributed by atoms with Crippen LogP contribution < -0.4 is 4.57 Å². The predicted molar refractivity (Wildman–Crippen MR) is 47.7 cm³/mol. The molecule has 0 aliphatic carbocycles. The van der Waals surface area contributed by atoms with E-state index in [1.54, 1.807) is 0 Å². The molecule has 0 unspecified atom stereocenters. The third-order valence-electron chi connectivity index (χ3n) is 1.88. The first-order valence-corrected chi connectivity index (χ1v) is 4.11. The van der Waals surface area contributed by atoms with Crippen molar-refractivity contribution < 1.29 is 4.57 Å². The normalized spacial score (nSPS) is 10.3. The van der Waals surface area contributed by atoms with Crippen molar-refractivity contribution in [3.8, 4) is 11.5 Å². The predicted octanol–water partition coefficient (Wildman–Crippen LogP) is 0.605. The first-order valence-electron chi connectivity index (χ1n) is 4.11. The summed E-state index contributed by atoms with van der Waals surface area (Å²) in [6.07, 6.45) is 1.97. The molecule has 4 nitrogen and oxygen atoms in total. The maximum absolute atomic E-state index is 4.25. The zero-order chi connectivity index (χ0) is 9.26. The van der Waals surface area contributed by atoms with Crippen molar-refractivity contribution >= 4 is 0 Å². The second kappa shape index (κ2) is 2.97. The van der Waals surface area contributed by atoms with E-state index in [1.165, 1.54) is 0 Å². The first kappa shape index (κ1) is 7.91. The Kier molecular flexibility index (Phi) is 1.81. The summed E-state index contributed by atoms with van der Waals surface area (Å²) in [5, 5.41) is 6.91. The Morgan fingerprint density at radius 3 is 2.85 bits per heavy atom. The minimum absolute atomic E-state index is 0.737. The van der Waals surface area contributed by atoms with Crippen LogP contribution in [0.5, 0.6) is 0 Å². The Labute approximate surface area is 76.3 Å². The van der Waals surface area contributed by atoms with Crippen molar-refractivity contribution in [2.45, 2.75) is 6.92 Å². The number of aromatic amines is 1. The van der Waals surface area contributed by atoms with Crippen molar-refractivity contribution in [3.05, 3.63) is 30.2 Å². The van der Waals surface area contributed by atoms with Gasteiger partial charge in [0.05, 0.1) is 0 Å². The van der Waals surface area contributed by atoms with Crippen molar-refractivity contribution in [2.75, 3.05) is 0 Å². The summed E-state index contributed by atoms with van der Waals surface area (Å²) in [7, 11) is 1.97. The molecule has 0 saturated heterocycles. The number of pyridine rings is 1. The van der Waals surface area contributed by atoms with Gasteiger partial charge >= 0.3 is 0 Å². The topological polar surface area (TPSA) is 45.5 Å². The number of hydrogen-bond donors (Lipinski definition) is 1. The Hall–Kier alpha value is -1.71. The number of nitrogens with zero attached hydrogens (tertiary/aromatic N) is 3. The lowest BCUT2D eigenvalue weighted by Crippen LogP contribution is -2.30. The number of aromatic nitrogens is 4. The molecule has 0 aliphatic rings. The Bertz CT molecular complexity index is 419. The van der Waals surface area contributed by atoms with Gasteiger partial charge in [0.15, 0.2) is 6.20 Å². The molecule has 2 aromatic rings. The standard InChI is InChI=1S/C9H10N4/c1-7-10-9(12-11-7)8-5-3-4-6-13(8)2/h3-6H,1-2H3/p+1. The lowest BCUT2D eigenvalue weighted by Gasteiger charge is -1.92. The average molecular weight is 175 g/mol. The zero-order valence-corrected chi connectivity index (χ0v) is 7.65. The highest BCUT2D eigenvalue weighted by Gasteiger charge is 2.12. The molecule has 1 N–H and O–H groups in total. The van der Waals surface area contributed by atoms with Crippen LogP contribution in [-0.2, 0) is 7.05 Å². The van der Waals surface area contributed by atoms with Crippen molar-refractivity contribution in [1.82, 2.24) is 15.2 Å². The highest BCUT2D eigenvalue weighted by atomic mass is 15.2. The Balaban J connectivity index is 2.52. The molecule has 0 radical (unpaired) electrons. The van der Waals surface area contributed by atoms with Crippen LogP contribution in [0.15, 0.2) is 24.4 Å². The van der Waals surface area contributed by atoms with Gasteiger partial charge in [-0.1, -0.05) is 0 Å². The van der Waals surface area contributed by atoms with Gasteiger partial charge in [-0.3, -0.25) is 5.10 Å². The summed E-state index contributed by atoms with van der Waals surface area (Å²) in [4.78, 5) is 4.25. The number of hydrogen-bond acceptors (Lipinski definition) is 2. The van der Waals surface area contributed by atoms with Gasteiger partial charge < -0.3 is 0 Å². The second-order valence-electron chi connectivity index (χ2n) is 2.94. The van der Waals surface area contributed by atoms with Crippen LogP contribution in [0.1, 0.15) is 5.82 Å². The fraction of sp³-hybridized carbons (Fsp3) is 0.222. The van der Waals surface area contributed by atoms with E-state index in [-0.39, 0.29) is 0 Å². The number of aryl methyl sites for hydroxylation is 2. The molecule has 0 bridgehead atoms. The summed E-state index contributed by atoms with van der Waals surface area (Å²) in [6, 6.07) is 5.94. The lowest BCUT2D eigenvalue weighted by molar-refractivity contribution is -0.660. The van der Waals surface area contributed by atoms with Gasteiger partial charge in [0, 0.05) is 12.1 Å². The maximum atomic E-state index is 4.25. The molecule has 2 rings (SSSR count). The molecule has 0 atom stereocenters. The van der Waals surface area contributed by atoms with E-state index in [4.69, 9.17) is 0 Å². The smallest absolute Gasteiger partial charge is 0.251 e. The minimum atomic E-state index is 0.737. The number of H-pyrrole nitrogens is 1. The Morgan fingerprint density at radius 2 is 2.23 bits per heavy atom. The van der Waals surface area contributed by atoms with E-state index < -0.39 is 0 Å². The second-order valence-corrected chi connectivity index (χ2v) is 2.94. The molecule has 0 spiro atoms. The number of rotatable bonds is 1. The largest absolute Gasteiger partial charge is 0.263 e. The molecular weight excluding hydrogens is 164 g/mol. The summed E-state index contributed by atoms with van der Waals surface area (Å²) < 4.78 is 1.99. The van der Waals surface area contributed by atoms with Crippen LogP contribution in [0.2, 0.25) is 0 Å². The fourth-order valence-corrected chi connectivity index (χ4v) is 1.21. The number of nitrogens with one attached hydrogen (secondary N) is 1. The molecule has 2 aromatic heterocycles. The molecular formula is C9H11N4+.